The Labute approximate surface area is 149 Å². The van der Waals surface area contributed by atoms with Gasteiger partial charge in [0.25, 0.3) is 0 Å². The van der Waals surface area contributed by atoms with E-state index in [1.807, 2.05) is 13.8 Å². The Bertz CT molecular complexity index is 417. The minimum absolute atomic E-state index is 0.0825. The number of hydrogen-bond acceptors (Lipinski definition) is 3. The topological polar surface area (TPSA) is 43.7 Å². The summed E-state index contributed by atoms with van der Waals surface area (Å²) in [5.74, 6) is 2.07. The molecule has 0 aromatic heterocycles. The van der Waals surface area contributed by atoms with E-state index in [1.54, 1.807) is 0 Å². The van der Waals surface area contributed by atoms with Gasteiger partial charge in [0.15, 0.2) is 0 Å². The monoisotopic (exact) mass is 339 g/mol. The molecule has 0 aromatic carbocycles. The summed E-state index contributed by atoms with van der Waals surface area (Å²) in [6.45, 7) is 10.9. The Hall–Kier alpha value is -0.120. The minimum Gasteiger partial charge on any atom is -0.393 e. The average molecular weight is 340 g/mol. The number of nitrogens with zero attached hydrogens (tertiary/aromatic N) is 1. The SMILES string of the molecule is C[C@H](C[C@@H]([C@H](C)C(C)(C)O)N(C)C)[C@H]1CC[C@@H]2[C@@H](O)CCC[C@]12C. The fraction of sp³-hybridized carbons (Fsp3) is 1.00. The van der Waals surface area contributed by atoms with Gasteiger partial charge in [-0.1, -0.05) is 27.2 Å². The maximum atomic E-state index is 10.5. The highest BCUT2D eigenvalue weighted by atomic mass is 16.3. The molecule has 0 bridgehead atoms. The quantitative estimate of drug-likeness (QED) is 0.770. The predicted octanol–water partition coefficient (Wildman–Crippen LogP) is 3.93. The zero-order chi connectivity index (χ0) is 18.3. The van der Waals surface area contributed by atoms with Crippen molar-refractivity contribution in [3.8, 4) is 0 Å². The van der Waals surface area contributed by atoms with Crippen molar-refractivity contribution < 1.29 is 10.2 Å². The van der Waals surface area contributed by atoms with Crippen LogP contribution in [0.15, 0.2) is 0 Å². The van der Waals surface area contributed by atoms with Gasteiger partial charge >= 0.3 is 0 Å². The van der Waals surface area contributed by atoms with Crippen molar-refractivity contribution in [1.82, 2.24) is 4.90 Å². The first-order valence-corrected chi connectivity index (χ1v) is 10.0. The average Bonchev–Trinajstić information content (AvgIpc) is 2.81. The molecule has 0 aromatic rings. The first-order chi connectivity index (χ1) is 11.0. The van der Waals surface area contributed by atoms with Gasteiger partial charge in [-0.15, -0.1) is 0 Å². The molecule has 24 heavy (non-hydrogen) atoms. The van der Waals surface area contributed by atoms with Gasteiger partial charge in [-0.2, -0.15) is 0 Å². The van der Waals surface area contributed by atoms with Crippen LogP contribution in [0.1, 0.15) is 73.1 Å². The molecule has 2 rings (SSSR count). The molecule has 2 N–H and O–H groups in total. The maximum Gasteiger partial charge on any atom is 0.0632 e. The van der Waals surface area contributed by atoms with Crippen LogP contribution in [0.5, 0.6) is 0 Å². The second kappa shape index (κ2) is 7.25. The predicted molar refractivity (Wildman–Crippen MR) is 101 cm³/mol. The van der Waals surface area contributed by atoms with Crippen molar-refractivity contribution in [2.24, 2.45) is 29.1 Å². The van der Waals surface area contributed by atoms with Gasteiger partial charge in [0.1, 0.15) is 0 Å². The highest BCUT2D eigenvalue weighted by Crippen LogP contribution is 2.58. The Kier molecular flexibility index (Phi) is 6.10. The first-order valence-electron chi connectivity index (χ1n) is 10.0. The Balaban J connectivity index is 2.11. The van der Waals surface area contributed by atoms with E-state index in [0.717, 1.165) is 12.8 Å². The molecule has 0 unspecified atom stereocenters. The molecule has 0 amide bonds. The van der Waals surface area contributed by atoms with Crippen molar-refractivity contribution in [1.29, 1.82) is 0 Å². The third-order valence-corrected chi connectivity index (χ3v) is 7.82. The Morgan fingerprint density at radius 3 is 2.33 bits per heavy atom. The molecule has 2 aliphatic rings. The molecule has 3 heteroatoms. The van der Waals surface area contributed by atoms with E-state index in [4.69, 9.17) is 0 Å². The molecular formula is C21H41NO2. The van der Waals surface area contributed by atoms with Crippen LogP contribution in [0.4, 0.5) is 0 Å². The van der Waals surface area contributed by atoms with E-state index >= 15 is 0 Å². The van der Waals surface area contributed by atoms with Crippen molar-refractivity contribution in [2.45, 2.75) is 90.9 Å². The molecule has 0 saturated heterocycles. The van der Waals surface area contributed by atoms with Crippen LogP contribution < -0.4 is 0 Å². The summed E-state index contributed by atoms with van der Waals surface area (Å²) in [7, 11) is 4.28. The van der Waals surface area contributed by atoms with Crippen LogP contribution in [0.3, 0.4) is 0 Å². The van der Waals surface area contributed by atoms with Gasteiger partial charge in [-0.05, 0) is 89.1 Å². The summed E-state index contributed by atoms with van der Waals surface area (Å²) >= 11 is 0. The Morgan fingerprint density at radius 1 is 1.17 bits per heavy atom. The number of hydrogen-bond donors (Lipinski definition) is 2. The number of aliphatic hydroxyl groups is 2. The molecule has 0 aliphatic heterocycles. The zero-order valence-electron chi connectivity index (χ0n) is 17.0. The van der Waals surface area contributed by atoms with Gasteiger partial charge in [0.2, 0.25) is 0 Å². The molecule has 2 aliphatic carbocycles. The van der Waals surface area contributed by atoms with Crippen LogP contribution in [-0.2, 0) is 0 Å². The van der Waals surface area contributed by atoms with Gasteiger partial charge in [-0.25, -0.2) is 0 Å². The molecular weight excluding hydrogens is 298 g/mol. The summed E-state index contributed by atoms with van der Waals surface area (Å²) in [5, 5.41) is 21.0. The van der Waals surface area contributed by atoms with E-state index in [9.17, 15) is 10.2 Å². The van der Waals surface area contributed by atoms with Crippen molar-refractivity contribution >= 4 is 0 Å². The lowest BCUT2D eigenvalue weighted by Crippen LogP contribution is -2.47. The third-order valence-electron chi connectivity index (χ3n) is 7.82. The van der Waals surface area contributed by atoms with Gasteiger partial charge in [0.05, 0.1) is 11.7 Å². The van der Waals surface area contributed by atoms with Crippen LogP contribution in [0, 0.1) is 29.1 Å². The molecule has 7 atom stereocenters. The molecule has 2 saturated carbocycles. The van der Waals surface area contributed by atoms with Crippen LogP contribution in [0.25, 0.3) is 0 Å². The van der Waals surface area contributed by atoms with Crippen molar-refractivity contribution in [2.75, 3.05) is 14.1 Å². The van der Waals surface area contributed by atoms with Crippen molar-refractivity contribution in [3.63, 3.8) is 0 Å². The summed E-state index contributed by atoms with van der Waals surface area (Å²) in [6.07, 6.45) is 6.95. The van der Waals surface area contributed by atoms with Crippen LogP contribution in [-0.4, -0.2) is 47.0 Å². The van der Waals surface area contributed by atoms with Gasteiger partial charge in [-0.3, -0.25) is 0 Å². The Morgan fingerprint density at radius 2 is 1.79 bits per heavy atom. The van der Waals surface area contributed by atoms with Gasteiger partial charge < -0.3 is 15.1 Å². The van der Waals surface area contributed by atoms with E-state index in [1.165, 1.54) is 25.7 Å². The number of rotatable bonds is 6. The highest BCUT2D eigenvalue weighted by molar-refractivity contribution is 5.02. The summed E-state index contributed by atoms with van der Waals surface area (Å²) in [4.78, 5) is 2.30. The fourth-order valence-corrected chi connectivity index (χ4v) is 6.00. The van der Waals surface area contributed by atoms with Crippen molar-refractivity contribution in [3.05, 3.63) is 0 Å². The largest absolute Gasteiger partial charge is 0.393 e. The lowest BCUT2D eigenvalue weighted by atomic mass is 9.61. The molecule has 0 spiro atoms. The number of aliphatic hydroxyl groups excluding tert-OH is 1. The van der Waals surface area contributed by atoms with E-state index < -0.39 is 5.60 Å². The normalized spacial score (nSPS) is 38.0. The zero-order valence-corrected chi connectivity index (χ0v) is 17.0. The summed E-state index contributed by atoms with van der Waals surface area (Å²) < 4.78 is 0. The molecule has 3 nitrogen and oxygen atoms in total. The second-order valence-corrected chi connectivity index (χ2v) is 9.94. The smallest absolute Gasteiger partial charge is 0.0632 e. The summed E-state index contributed by atoms with van der Waals surface area (Å²) in [6, 6.07) is 0.385. The number of fused-ring (bicyclic) bond motifs is 1. The third kappa shape index (κ3) is 3.83. The van der Waals surface area contributed by atoms with Crippen LogP contribution in [0.2, 0.25) is 0 Å². The molecule has 142 valence electrons. The van der Waals surface area contributed by atoms with E-state index in [0.29, 0.717) is 29.2 Å². The lowest BCUT2D eigenvalue weighted by Gasteiger charge is -2.46. The highest BCUT2D eigenvalue weighted by Gasteiger charge is 2.52. The van der Waals surface area contributed by atoms with Crippen LogP contribution >= 0.6 is 0 Å². The van der Waals surface area contributed by atoms with Gasteiger partial charge in [0, 0.05) is 6.04 Å². The van der Waals surface area contributed by atoms with E-state index in [-0.39, 0.29) is 12.0 Å². The molecule has 2 fully saturated rings. The second-order valence-electron chi connectivity index (χ2n) is 9.94. The molecule has 0 radical (unpaired) electrons. The maximum absolute atomic E-state index is 10.5. The minimum atomic E-state index is -0.655. The summed E-state index contributed by atoms with van der Waals surface area (Å²) in [5.41, 5.74) is -0.344. The molecule has 0 heterocycles. The first kappa shape index (κ1) is 20.2. The standard InChI is InChI=1S/C21H41NO2/c1-14(13-18(22(6)7)15(2)20(3,4)24)16-10-11-17-19(23)9-8-12-21(16,17)5/h14-19,23-24H,8-13H2,1-7H3/t14-,15+,16-,17-,18+,19+,21-/m1/s1. The lowest BCUT2D eigenvalue weighted by molar-refractivity contribution is -0.0400. The fourth-order valence-electron chi connectivity index (χ4n) is 6.00. The van der Waals surface area contributed by atoms with E-state index in [2.05, 4.69) is 39.8 Å².